The lowest BCUT2D eigenvalue weighted by molar-refractivity contribution is -0.127. The Balaban J connectivity index is 2.48. The van der Waals surface area contributed by atoms with Crippen molar-refractivity contribution in [1.82, 2.24) is 5.06 Å². The molecule has 0 unspecified atom stereocenters. The summed E-state index contributed by atoms with van der Waals surface area (Å²) in [5.74, 6) is 1.46. The molecule has 0 saturated heterocycles. The Kier molecular flexibility index (Phi) is 3.03. The second kappa shape index (κ2) is 4.31. The normalized spacial score (nSPS) is 20.4. The van der Waals surface area contributed by atoms with Gasteiger partial charge in [-0.25, -0.2) is 0 Å². The summed E-state index contributed by atoms with van der Waals surface area (Å²) in [4.78, 5) is 0. The Labute approximate surface area is 95.4 Å². The van der Waals surface area contributed by atoms with Gasteiger partial charge in [-0.3, -0.25) is 0 Å². The number of benzene rings is 1. The zero-order valence-corrected chi connectivity index (χ0v) is 9.86. The number of methoxy groups -OCH3 is 2. The molecule has 0 amide bonds. The van der Waals surface area contributed by atoms with Crippen LogP contribution >= 0.6 is 0 Å². The first kappa shape index (κ1) is 11.2. The molecule has 1 atom stereocenters. The number of fused-ring (bicyclic) bond motifs is 1. The zero-order valence-electron chi connectivity index (χ0n) is 9.86. The van der Waals surface area contributed by atoms with Crippen LogP contribution in [0, 0.1) is 0 Å². The van der Waals surface area contributed by atoms with Crippen LogP contribution in [0.5, 0.6) is 11.5 Å². The SMILES string of the molecule is COc1cc2c(cc1OC)[C@H](C)N(O)CC2. The maximum atomic E-state index is 9.68. The minimum atomic E-state index is 0.00329. The van der Waals surface area contributed by atoms with Crippen molar-refractivity contribution < 1.29 is 14.7 Å². The van der Waals surface area contributed by atoms with E-state index in [4.69, 9.17) is 9.47 Å². The van der Waals surface area contributed by atoms with Gasteiger partial charge in [-0.1, -0.05) is 0 Å². The molecule has 16 heavy (non-hydrogen) atoms. The van der Waals surface area contributed by atoms with Crippen molar-refractivity contribution in [2.75, 3.05) is 20.8 Å². The summed E-state index contributed by atoms with van der Waals surface area (Å²) in [5, 5.41) is 11.0. The van der Waals surface area contributed by atoms with Gasteiger partial charge < -0.3 is 14.7 Å². The van der Waals surface area contributed by atoms with Gasteiger partial charge in [0.15, 0.2) is 11.5 Å². The van der Waals surface area contributed by atoms with Crippen LogP contribution < -0.4 is 9.47 Å². The smallest absolute Gasteiger partial charge is 0.161 e. The Hall–Kier alpha value is -1.26. The van der Waals surface area contributed by atoms with Gasteiger partial charge in [-0.15, -0.1) is 0 Å². The number of rotatable bonds is 2. The van der Waals surface area contributed by atoms with Crippen molar-refractivity contribution in [2.45, 2.75) is 19.4 Å². The second-order valence-corrected chi connectivity index (χ2v) is 4.00. The predicted octanol–water partition coefficient (Wildman–Crippen LogP) is 2.01. The molecular formula is C12H17NO3. The van der Waals surface area contributed by atoms with E-state index in [0.717, 1.165) is 17.7 Å². The molecule has 1 aromatic carbocycles. The summed E-state index contributed by atoms with van der Waals surface area (Å²) in [6.45, 7) is 2.63. The average molecular weight is 223 g/mol. The molecule has 0 saturated carbocycles. The summed E-state index contributed by atoms with van der Waals surface area (Å²) in [6, 6.07) is 3.95. The Morgan fingerprint density at radius 2 is 1.88 bits per heavy atom. The Morgan fingerprint density at radius 1 is 1.25 bits per heavy atom. The van der Waals surface area contributed by atoms with Crippen LogP contribution in [-0.4, -0.2) is 31.0 Å². The summed E-state index contributed by atoms with van der Waals surface area (Å²) in [6.07, 6.45) is 0.830. The van der Waals surface area contributed by atoms with E-state index in [1.807, 2.05) is 19.1 Å². The van der Waals surface area contributed by atoms with Crippen molar-refractivity contribution in [1.29, 1.82) is 0 Å². The van der Waals surface area contributed by atoms with Gasteiger partial charge in [0, 0.05) is 6.54 Å². The topological polar surface area (TPSA) is 41.9 Å². The number of hydrogen-bond donors (Lipinski definition) is 1. The molecule has 0 aliphatic carbocycles. The first-order chi connectivity index (χ1) is 7.67. The first-order valence-corrected chi connectivity index (χ1v) is 5.37. The monoisotopic (exact) mass is 223 g/mol. The van der Waals surface area contributed by atoms with Gasteiger partial charge in [0.25, 0.3) is 0 Å². The molecule has 0 fully saturated rings. The summed E-state index contributed by atoms with van der Waals surface area (Å²) in [5.41, 5.74) is 2.32. The van der Waals surface area contributed by atoms with Gasteiger partial charge >= 0.3 is 0 Å². The van der Waals surface area contributed by atoms with Crippen LogP contribution in [0.15, 0.2) is 12.1 Å². The molecule has 1 aliphatic rings. The van der Waals surface area contributed by atoms with Gasteiger partial charge in [0.1, 0.15) is 0 Å². The van der Waals surface area contributed by atoms with Crippen LogP contribution in [0.3, 0.4) is 0 Å². The molecule has 88 valence electrons. The molecule has 0 aromatic heterocycles. The van der Waals surface area contributed by atoms with Gasteiger partial charge in [0.2, 0.25) is 0 Å². The van der Waals surface area contributed by atoms with Crippen LogP contribution in [0.2, 0.25) is 0 Å². The minimum Gasteiger partial charge on any atom is -0.493 e. The average Bonchev–Trinajstić information content (AvgIpc) is 2.32. The highest BCUT2D eigenvalue weighted by atomic mass is 16.5. The van der Waals surface area contributed by atoms with Crippen molar-refractivity contribution >= 4 is 0 Å². The summed E-state index contributed by atoms with van der Waals surface area (Å²) >= 11 is 0. The summed E-state index contributed by atoms with van der Waals surface area (Å²) in [7, 11) is 3.25. The van der Waals surface area contributed by atoms with Gasteiger partial charge in [-0.05, 0) is 36.6 Å². The molecule has 0 bridgehead atoms. The maximum Gasteiger partial charge on any atom is 0.161 e. The van der Waals surface area contributed by atoms with Crippen molar-refractivity contribution in [3.63, 3.8) is 0 Å². The Bertz CT molecular complexity index is 392. The molecule has 4 heteroatoms. The molecule has 1 aromatic rings. The molecule has 2 rings (SSSR count). The largest absolute Gasteiger partial charge is 0.493 e. The molecule has 0 radical (unpaired) electrons. The minimum absolute atomic E-state index is 0.00329. The first-order valence-electron chi connectivity index (χ1n) is 5.37. The fourth-order valence-electron chi connectivity index (χ4n) is 2.13. The van der Waals surface area contributed by atoms with Crippen molar-refractivity contribution in [2.24, 2.45) is 0 Å². The molecule has 1 aliphatic heterocycles. The predicted molar refractivity (Wildman–Crippen MR) is 60.2 cm³/mol. The van der Waals surface area contributed by atoms with Crippen LogP contribution in [0.4, 0.5) is 0 Å². The summed E-state index contributed by atoms with van der Waals surface area (Å²) < 4.78 is 10.5. The fourth-order valence-corrected chi connectivity index (χ4v) is 2.13. The molecular weight excluding hydrogens is 206 g/mol. The highest BCUT2D eigenvalue weighted by Gasteiger charge is 2.24. The lowest BCUT2D eigenvalue weighted by atomic mass is 9.94. The maximum absolute atomic E-state index is 9.68. The molecule has 1 N–H and O–H groups in total. The van der Waals surface area contributed by atoms with E-state index < -0.39 is 0 Å². The van der Waals surface area contributed by atoms with Crippen molar-refractivity contribution in [3.05, 3.63) is 23.3 Å². The molecule has 4 nitrogen and oxygen atoms in total. The lowest BCUT2D eigenvalue weighted by Crippen LogP contribution is -2.30. The lowest BCUT2D eigenvalue weighted by Gasteiger charge is -2.30. The number of hydrogen-bond acceptors (Lipinski definition) is 4. The fraction of sp³-hybridized carbons (Fsp3) is 0.500. The second-order valence-electron chi connectivity index (χ2n) is 4.00. The van der Waals surface area contributed by atoms with Gasteiger partial charge in [0.05, 0.1) is 20.3 Å². The third kappa shape index (κ3) is 1.74. The van der Waals surface area contributed by atoms with E-state index in [0.29, 0.717) is 12.3 Å². The van der Waals surface area contributed by atoms with E-state index in [2.05, 4.69) is 0 Å². The van der Waals surface area contributed by atoms with E-state index in [-0.39, 0.29) is 6.04 Å². The third-order valence-corrected chi connectivity index (χ3v) is 3.15. The number of nitrogens with zero attached hydrogens (tertiary/aromatic N) is 1. The quantitative estimate of drug-likeness (QED) is 0.832. The standard InChI is InChI=1S/C12H17NO3/c1-8-10-7-12(16-3)11(15-2)6-9(10)4-5-13(8)14/h6-8,14H,4-5H2,1-3H3/t8-/m0/s1. The number of ether oxygens (including phenoxy) is 2. The number of hydroxylamine groups is 2. The van der Waals surface area contributed by atoms with Crippen LogP contribution in [0.25, 0.3) is 0 Å². The molecule has 0 spiro atoms. The highest BCUT2D eigenvalue weighted by Crippen LogP contribution is 2.37. The van der Waals surface area contributed by atoms with E-state index >= 15 is 0 Å². The zero-order chi connectivity index (χ0) is 11.7. The van der Waals surface area contributed by atoms with E-state index in [1.165, 1.54) is 10.6 Å². The third-order valence-electron chi connectivity index (χ3n) is 3.15. The van der Waals surface area contributed by atoms with Gasteiger partial charge in [-0.2, -0.15) is 5.06 Å². The van der Waals surface area contributed by atoms with Crippen LogP contribution in [0.1, 0.15) is 24.1 Å². The van der Waals surface area contributed by atoms with E-state index in [1.54, 1.807) is 14.2 Å². The Morgan fingerprint density at radius 3 is 2.50 bits per heavy atom. The van der Waals surface area contributed by atoms with Crippen molar-refractivity contribution in [3.8, 4) is 11.5 Å². The van der Waals surface area contributed by atoms with E-state index in [9.17, 15) is 5.21 Å². The molecule has 1 heterocycles. The van der Waals surface area contributed by atoms with Crippen LogP contribution in [-0.2, 0) is 6.42 Å². The highest BCUT2D eigenvalue weighted by molar-refractivity contribution is 5.49.